The van der Waals surface area contributed by atoms with Crippen LogP contribution in [-0.2, 0) is 6.54 Å². The average Bonchev–Trinajstić information content (AvgIpc) is 2.85. The molecule has 0 atom stereocenters. The Hall–Kier alpha value is -2.40. The number of pyridine rings is 1. The minimum absolute atomic E-state index is 0.0700. The summed E-state index contributed by atoms with van der Waals surface area (Å²) in [5.41, 5.74) is 8.34. The Balaban J connectivity index is 1.88. The van der Waals surface area contributed by atoms with Crippen molar-refractivity contribution in [3.8, 4) is 0 Å². The van der Waals surface area contributed by atoms with E-state index in [9.17, 15) is 4.79 Å². The van der Waals surface area contributed by atoms with E-state index in [1.807, 2.05) is 42.5 Å². The molecule has 0 radical (unpaired) electrons. The quantitative estimate of drug-likeness (QED) is 0.808. The zero-order valence-electron chi connectivity index (χ0n) is 11.6. The number of anilines is 1. The SMILES string of the molecule is CN(Cc1ccccc1)C(=O)c1sc2cccnc2c1N. The highest BCUT2D eigenvalue weighted by atomic mass is 32.1. The predicted octanol–water partition coefficient (Wildman–Crippen LogP) is 3.15. The zero-order valence-corrected chi connectivity index (χ0v) is 12.4. The lowest BCUT2D eigenvalue weighted by atomic mass is 10.2. The second kappa shape index (κ2) is 5.54. The number of hydrogen-bond donors (Lipinski definition) is 1. The third-order valence-electron chi connectivity index (χ3n) is 3.29. The molecule has 0 saturated heterocycles. The molecule has 1 aromatic carbocycles. The maximum Gasteiger partial charge on any atom is 0.266 e. The first-order chi connectivity index (χ1) is 10.2. The molecule has 2 heterocycles. The van der Waals surface area contributed by atoms with Crippen LogP contribution in [0.4, 0.5) is 5.69 Å². The first-order valence-corrected chi connectivity index (χ1v) is 7.41. The normalized spacial score (nSPS) is 10.7. The van der Waals surface area contributed by atoms with Crippen LogP contribution in [0.25, 0.3) is 10.2 Å². The molecular formula is C16H15N3OS. The maximum atomic E-state index is 12.6. The van der Waals surface area contributed by atoms with E-state index < -0.39 is 0 Å². The second-order valence-electron chi connectivity index (χ2n) is 4.84. The molecule has 4 nitrogen and oxygen atoms in total. The Labute approximate surface area is 126 Å². The van der Waals surface area contributed by atoms with Gasteiger partial charge < -0.3 is 10.6 Å². The third kappa shape index (κ3) is 2.60. The van der Waals surface area contributed by atoms with Crippen molar-refractivity contribution < 1.29 is 4.79 Å². The molecule has 0 saturated carbocycles. The smallest absolute Gasteiger partial charge is 0.266 e. The lowest BCUT2D eigenvalue weighted by Crippen LogP contribution is -2.26. The molecule has 0 fully saturated rings. The molecule has 2 aromatic heterocycles. The van der Waals surface area contributed by atoms with Gasteiger partial charge in [-0.2, -0.15) is 0 Å². The summed E-state index contributed by atoms with van der Waals surface area (Å²) in [6, 6.07) is 13.7. The van der Waals surface area contributed by atoms with E-state index in [0.717, 1.165) is 10.3 Å². The van der Waals surface area contributed by atoms with Crippen LogP contribution >= 0.6 is 11.3 Å². The van der Waals surface area contributed by atoms with Crippen LogP contribution < -0.4 is 5.73 Å². The van der Waals surface area contributed by atoms with E-state index >= 15 is 0 Å². The van der Waals surface area contributed by atoms with Crippen molar-refractivity contribution in [3.63, 3.8) is 0 Å². The molecule has 0 aliphatic rings. The molecule has 21 heavy (non-hydrogen) atoms. The van der Waals surface area contributed by atoms with Gasteiger partial charge in [-0.3, -0.25) is 9.78 Å². The van der Waals surface area contributed by atoms with E-state index in [0.29, 0.717) is 22.6 Å². The number of rotatable bonds is 3. The van der Waals surface area contributed by atoms with Gasteiger partial charge in [0.1, 0.15) is 10.4 Å². The summed E-state index contributed by atoms with van der Waals surface area (Å²) in [6.45, 7) is 0.556. The minimum Gasteiger partial charge on any atom is -0.396 e. The number of nitrogen functional groups attached to an aromatic ring is 1. The van der Waals surface area contributed by atoms with Crippen molar-refractivity contribution in [3.05, 3.63) is 59.1 Å². The highest BCUT2D eigenvalue weighted by Crippen LogP contribution is 2.32. The van der Waals surface area contributed by atoms with Crippen LogP contribution in [0.5, 0.6) is 0 Å². The standard InChI is InChI=1S/C16H15N3OS/c1-19(10-11-6-3-2-4-7-11)16(20)15-13(17)14-12(21-15)8-5-9-18-14/h2-9H,10,17H2,1H3. The van der Waals surface area contributed by atoms with Gasteiger partial charge in [-0.25, -0.2) is 0 Å². The van der Waals surface area contributed by atoms with Gasteiger partial charge >= 0.3 is 0 Å². The van der Waals surface area contributed by atoms with Gasteiger partial charge in [0.25, 0.3) is 5.91 Å². The number of fused-ring (bicyclic) bond motifs is 1. The van der Waals surface area contributed by atoms with Crippen LogP contribution in [-0.4, -0.2) is 22.8 Å². The van der Waals surface area contributed by atoms with Gasteiger partial charge in [0.05, 0.1) is 10.4 Å². The molecular weight excluding hydrogens is 282 g/mol. The maximum absolute atomic E-state index is 12.6. The van der Waals surface area contributed by atoms with Crippen LogP contribution in [0.15, 0.2) is 48.7 Å². The van der Waals surface area contributed by atoms with Crippen LogP contribution in [0.2, 0.25) is 0 Å². The Morgan fingerprint density at radius 1 is 1.24 bits per heavy atom. The highest BCUT2D eigenvalue weighted by molar-refractivity contribution is 7.21. The Morgan fingerprint density at radius 3 is 2.71 bits per heavy atom. The molecule has 0 bridgehead atoms. The molecule has 0 spiro atoms. The van der Waals surface area contributed by atoms with Gasteiger partial charge in [0.15, 0.2) is 0 Å². The van der Waals surface area contributed by atoms with Crippen LogP contribution in [0.1, 0.15) is 15.2 Å². The largest absolute Gasteiger partial charge is 0.396 e. The Bertz CT molecular complexity index is 783. The summed E-state index contributed by atoms with van der Waals surface area (Å²) in [5.74, 6) is -0.0700. The molecule has 0 aliphatic carbocycles. The number of nitrogens with zero attached hydrogens (tertiary/aromatic N) is 2. The summed E-state index contributed by atoms with van der Waals surface area (Å²) >= 11 is 1.39. The van der Waals surface area contributed by atoms with Gasteiger partial charge in [0.2, 0.25) is 0 Å². The van der Waals surface area contributed by atoms with Gasteiger partial charge in [-0.1, -0.05) is 30.3 Å². The Kier molecular flexibility index (Phi) is 3.58. The summed E-state index contributed by atoms with van der Waals surface area (Å²) in [5, 5.41) is 0. The molecule has 3 rings (SSSR count). The van der Waals surface area contributed by atoms with E-state index in [1.165, 1.54) is 11.3 Å². The lowest BCUT2D eigenvalue weighted by Gasteiger charge is -2.16. The fourth-order valence-electron chi connectivity index (χ4n) is 2.21. The van der Waals surface area contributed by atoms with Gasteiger partial charge in [-0.15, -0.1) is 11.3 Å². The highest BCUT2D eigenvalue weighted by Gasteiger charge is 2.20. The van der Waals surface area contributed by atoms with E-state index in [1.54, 1.807) is 18.1 Å². The minimum atomic E-state index is -0.0700. The van der Waals surface area contributed by atoms with Gasteiger partial charge in [0, 0.05) is 19.8 Å². The molecule has 0 aliphatic heterocycles. The summed E-state index contributed by atoms with van der Waals surface area (Å²) in [7, 11) is 1.78. The van der Waals surface area contributed by atoms with E-state index in [4.69, 9.17) is 5.73 Å². The monoisotopic (exact) mass is 297 g/mol. The van der Waals surface area contributed by atoms with Crippen molar-refractivity contribution in [2.24, 2.45) is 0 Å². The second-order valence-corrected chi connectivity index (χ2v) is 5.89. The first kappa shape index (κ1) is 13.6. The molecule has 2 N–H and O–H groups in total. The number of nitrogens with two attached hydrogens (primary N) is 1. The topological polar surface area (TPSA) is 59.2 Å². The number of carbonyl (C=O) groups excluding carboxylic acids is 1. The fraction of sp³-hybridized carbons (Fsp3) is 0.125. The van der Waals surface area contributed by atoms with Crippen molar-refractivity contribution in [1.82, 2.24) is 9.88 Å². The number of amides is 1. The van der Waals surface area contributed by atoms with E-state index in [-0.39, 0.29) is 5.91 Å². The van der Waals surface area contributed by atoms with Crippen LogP contribution in [0.3, 0.4) is 0 Å². The number of aromatic nitrogens is 1. The van der Waals surface area contributed by atoms with Crippen molar-refractivity contribution in [2.45, 2.75) is 6.54 Å². The van der Waals surface area contributed by atoms with Crippen molar-refractivity contribution in [1.29, 1.82) is 0 Å². The summed E-state index contributed by atoms with van der Waals surface area (Å²) < 4.78 is 0.937. The average molecular weight is 297 g/mol. The van der Waals surface area contributed by atoms with Crippen molar-refractivity contribution >= 4 is 33.1 Å². The zero-order chi connectivity index (χ0) is 14.8. The van der Waals surface area contributed by atoms with E-state index in [2.05, 4.69) is 4.98 Å². The number of carbonyl (C=O) groups is 1. The predicted molar refractivity (Wildman–Crippen MR) is 86.3 cm³/mol. The molecule has 3 aromatic rings. The Morgan fingerprint density at radius 2 is 2.00 bits per heavy atom. The first-order valence-electron chi connectivity index (χ1n) is 6.59. The molecule has 106 valence electrons. The van der Waals surface area contributed by atoms with Crippen LogP contribution in [0, 0.1) is 0 Å². The summed E-state index contributed by atoms with van der Waals surface area (Å²) in [6.07, 6.45) is 1.69. The van der Waals surface area contributed by atoms with Crippen molar-refractivity contribution in [2.75, 3.05) is 12.8 Å². The number of benzene rings is 1. The molecule has 5 heteroatoms. The number of hydrogen-bond acceptors (Lipinski definition) is 4. The fourth-order valence-corrected chi connectivity index (χ4v) is 3.28. The summed E-state index contributed by atoms with van der Waals surface area (Å²) in [4.78, 5) is 19.0. The lowest BCUT2D eigenvalue weighted by molar-refractivity contribution is 0.0791. The molecule has 0 unspecified atom stereocenters. The third-order valence-corrected chi connectivity index (χ3v) is 4.43. The van der Waals surface area contributed by atoms with Gasteiger partial charge in [-0.05, 0) is 17.7 Å². The molecule has 1 amide bonds. The number of thiophene rings is 1.